The minimum absolute atomic E-state index is 0.0811. The molecule has 0 fully saturated rings. The molecule has 1 aliphatic rings. The van der Waals surface area contributed by atoms with E-state index in [1.54, 1.807) is 31.3 Å². The van der Waals surface area contributed by atoms with Crippen LogP contribution in [0.25, 0.3) is 0 Å². The molecule has 4 nitrogen and oxygen atoms in total. The van der Waals surface area contributed by atoms with E-state index in [0.29, 0.717) is 27.6 Å². The van der Waals surface area contributed by atoms with Crippen LogP contribution in [0.3, 0.4) is 0 Å². The first-order valence-corrected chi connectivity index (χ1v) is 7.02. The van der Waals surface area contributed by atoms with Gasteiger partial charge in [-0.05, 0) is 18.2 Å². The van der Waals surface area contributed by atoms with E-state index in [1.807, 2.05) is 0 Å². The molecule has 22 heavy (non-hydrogen) atoms. The molecule has 3 rings (SSSR count). The molecule has 1 aliphatic heterocycles. The largest absolute Gasteiger partial charge is 0.454 e. The maximum Gasteiger partial charge on any atom is 0.254 e. The molecule has 2 aromatic carbocycles. The average Bonchev–Trinajstić information content (AvgIpc) is 2.97. The van der Waals surface area contributed by atoms with Crippen LogP contribution in [0.1, 0.15) is 15.9 Å². The Hall–Kier alpha value is -2.27. The van der Waals surface area contributed by atoms with Gasteiger partial charge in [0.2, 0.25) is 6.79 Å². The van der Waals surface area contributed by atoms with Crippen LogP contribution in [0, 0.1) is 5.82 Å². The first-order valence-electron chi connectivity index (χ1n) is 6.64. The highest BCUT2D eigenvalue weighted by molar-refractivity contribution is 6.32. The Morgan fingerprint density at radius 3 is 2.86 bits per heavy atom. The Kier molecular flexibility index (Phi) is 3.90. The van der Waals surface area contributed by atoms with Gasteiger partial charge in [-0.15, -0.1) is 0 Å². The van der Waals surface area contributed by atoms with Crippen molar-refractivity contribution in [2.45, 2.75) is 6.54 Å². The van der Waals surface area contributed by atoms with Gasteiger partial charge in [0.25, 0.3) is 5.91 Å². The van der Waals surface area contributed by atoms with Crippen LogP contribution in [-0.4, -0.2) is 24.6 Å². The van der Waals surface area contributed by atoms with E-state index >= 15 is 0 Å². The van der Waals surface area contributed by atoms with Crippen LogP contribution < -0.4 is 9.47 Å². The van der Waals surface area contributed by atoms with Gasteiger partial charge in [-0.3, -0.25) is 4.79 Å². The molecule has 2 aromatic rings. The van der Waals surface area contributed by atoms with Crippen molar-refractivity contribution in [2.75, 3.05) is 13.8 Å². The highest BCUT2D eigenvalue weighted by Gasteiger charge is 2.22. The smallest absolute Gasteiger partial charge is 0.254 e. The summed E-state index contributed by atoms with van der Waals surface area (Å²) >= 11 is 6.07. The number of rotatable bonds is 3. The standard InChI is InChI=1S/C16H13ClFNO3/c1-19(8-10-4-2-3-5-13(10)18)16(20)11-6-12(17)15-14(7-11)21-9-22-15/h2-7H,8-9H2,1H3. The molecule has 1 amide bonds. The predicted molar refractivity (Wildman–Crippen MR) is 79.8 cm³/mol. The third-order valence-corrected chi connectivity index (χ3v) is 3.67. The molecule has 0 saturated heterocycles. The van der Waals surface area contributed by atoms with Crippen LogP contribution in [0.5, 0.6) is 11.5 Å². The molecule has 1 heterocycles. The van der Waals surface area contributed by atoms with Crippen LogP contribution >= 0.6 is 11.6 Å². The summed E-state index contributed by atoms with van der Waals surface area (Å²) in [6, 6.07) is 9.45. The summed E-state index contributed by atoms with van der Waals surface area (Å²) in [6.07, 6.45) is 0. The average molecular weight is 322 g/mol. The number of nitrogens with zero attached hydrogens (tertiary/aromatic N) is 1. The maximum atomic E-state index is 13.7. The van der Waals surface area contributed by atoms with Crippen molar-refractivity contribution in [3.63, 3.8) is 0 Å². The SMILES string of the molecule is CN(Cc1ccccc1F)C(=O)c1cc(Cl)c2c(c1)OCO2. The van der Waals surface area contributed by atoms with E-state index < -0.39 is 0 Å². The molecule has 0 spiro atoms. The quantitative estimate of drug-likeness (QED) is 0.868. The number of fused-ring (bicyclic) bond motifs is 1. The monoisotopic (exact) mass is 321 g/mol. The summed E-state index contributed by atoms with van der Waals surface area (Å²) in [4.78, 5) is 13.9. The minimum atomic E-state index is -0.342. The summed E-state index contributed by atoms with van der Waals surface area (Å²) in [5, 5.41) is 0.317. The lowest BCUT2D eigenvalue weighted by atomic mass is 10.1. The van der Waals surface area contributed by atoms with Gasteiger partial charge in [0, 0.05) is 24.7 Å². The molecular weight excluding hydrogens is 309 g/mol. The van der Waals surface area contributed by atoms with Crippen LogP contribution in [-0.2, 0) is 6.54 Å². The molecule has 0 unspecified atom stereocenters. The fraction of sp³-hybridized carbons (Fsp3) is 0.188. The van der Waals surface area contributed by atoms with Gasteiger partial charge >= 0.3 is 0 Å². The lowest BCUT2D eigenvalue weighted by Crippen LogP contribution is -2.26. The lowest BCUT2D eigenvalue weighted by Gasteiger charge is -2.18. The number of benzene rings is 2. The van der Waals surface area contributed by atoms with Crippen LogP contribution in [0.4, 0.5) is 4.39 Å². The van der Waals surface area contributed by atoms with Crippen molar-refractivity contribution in [1.29, 1.82) is 0 Å². The van der Waals surface area contributed by atoms with E-state index in [0.717, 1.165) is 0 Å². The molecule has 114 valence electrons. The number of halogens is 2. The van der Waals surface area contributed by atoms with Gasteiger partial charge in [0.1, 0.15) is 5.82 Å². The van der Waals surface area contributed by atoms with Crippen LogP contribution in [0.15, 0.2) is 36.4 Å². The van der Waals surface area contributed by atoms with Gasteiger partial charge < -0.3 is 14.4 Å². The first kappa shape index (κ1) is 14.7. The Bertz CT molecular complexity index is 735. The molecule has 0 atom stereocenters. The second kappa shape index (κ2) is 5.85. The molecular formula is C16H13ClFNO3. The number of hydrogen-bond acceptors (Lipinski definition) is 3. The third-order valence-electron chi connectivity index (χ3n) is 3.39. The molecule has 0 saturated carbocycles. The molecule has 0 aromatic heterocycles. The summed E-state index contributed by atoms with van der Waals surface area (Å²) in [6.45, 7) is 0.245. The van der Waals surface area contributed by atoms with Crippen molar-refractivity contribution in [3.8, 4) is 11.5 Å². The summed E-state index contributed by atoms with van der Waals surface area (Å²) in [5.74, 6) is 0.263. The van der Waals surface area contributed by atoms with Crippen molar-refractivity contribution >= 4 is 17.5 Å². The Labute approximate surface area is 132 Å². The normalized spacial score (nSPS) is 12.3. The maximum absolute atomic E-state index is 13.7. The second-order valence-corrected chi connectivity index (χ2v) is 5.35. The zero-order chi connectivity index (χ0) is 15.7. The summed E-state index contributed by atoms with van der Waals surface area (Å²) in [5.41, 5.74) is 0.818. The minimum Gasteiger partial charge on any atom is -0.454 e. The summed E-state index contributed by atoms with van der Waals surface area (Å²) < 4.78 is 24.1. The van der Waals surface area contributed by atoms with E-state index in [1.165, 1.54) is 17.0 Å². The van der Waals surface area contributed by atoms with Gasteiger partial charge in [0.05, 0.1) is 5.02 Å². The second-order valence-electron chi connectivity index (χ2n) is 4.94. The highest BCUT2D eigenvalue weighted by Crippen LogP contribution is 2.40. The zero-order valence-electron chi connectivity index (χ0n) is 11.8. The van der Waals surface area contributed by atoms with Gasteiger partial charge in [-0.25, -0.2) is 4.39 Å². The van der Waals surface area contributed by atoms with Gasteiger partial charge in [0.15, 0.2) is 11.5 Å². The topological polar surface area (TPSA) is 38.8 Å². The summed E-state index contributed by atoms with van der Waals surface area (Å²) in [7, 11) is 1.60. The van der Waals surface area contributed by atoms with Crippen molar-refractivity contribution in [2.24, 2.45) is 0 Å². The van der Waals surface area contributed by atoms with Crippen molar-refractivity contribution in [3.05, 3.63) is 58.4 Å². The van der Waals surface area contributed by atoms with Gasteiger partial charge in [-0.2, -0.15) is 0 Å². The Morgan fingerprint density at radius 1 is 1.32 bits per heavy atom. The number of carbonyl (C=O) groups excluding carboxylic acids is 1. The Morgan fingerprint density at radius 2 is 2.09 bits per heavy atom. The van der Waals surface area contributed by atoms with Crippen LogP contribution in [0.2, 0.25) is 5.02 Å². The molecule has 0 aliphatic carbocycles. The first-order chi connectivity index (χ1) is 10.6. The fourth-order valence-electron chi connectivity index (χ4n) is 2.27. The molecule has 0 radical (unpaired) electrons. The lowest BCUT2D eigenvalue weighted by molar-refractivity contribution is 0.0783. The van der Waals surface area contributed by atoms with E-state index in [-0.39, 0.29) is 25.1 Å². The van der Waals surface area contributed by atoms with E-state index in [4.69, 9.17) is 21.1 Å². The molecule has 0 N–H and O–H groups in total. The zero-order valence-corrected chi connectivity index (χ0v) is 12.6. The molecule has 0 bridgehead atoms. The van der Waals surface area contributed by atoms with E-state index in [9.17, 15) is 9.18 Å². The number of carbonyl (C=O) groups is 1. The predicted octanol–water partition coefficient (Wildman–Crippen LogP) is 3.48. The number of ether oxygens (including phenoxy) is 2. The van der Waals surface area contributed by atoms with Gasteiger partial charge in [-0.1, -0.05) is 29.8 Å². The van der Waals surface area contributed by atoms with Crippen molar-refractivity contribution < 1.29 is 18.7 Å². The van der Waals surface area contributed by atoms with Crippen molar-refractivity contribution in [1.82, 2.24) is 4.90 Å². The third kappa shape index (κ3) is 2.72. The fourth-order valence-corrected chi connectivity index (χ4v) is 2.53. The number of amides is 1. The number of hydrogen-bond donors (Lipinski definition) is 0. The highest BCUT2D eigenvalue weighted by atomic mass is 35.5. The molecule has 6 heteroatoms. The Balaban J connectivity index is 1.82. The van der Waals surface area contributed by atoms with E-state index in [2.05, 4.69) is 0 Å².